The molecule has 2 aromatic rings. The van der Waals surface area contributed by atoms with E-state index in [0.29, 0.717) is 25.2 Å². The number of amides is 2. The van der Waals surface area contributed by atoms with Gasteiger partial charge in [0.25, 0.3) is 0 Å². The van der Waals surface area contributed by atoms with Crippen LogP contribution in [0.15, 0.2) is 35.8 Å². The van der Waals surface area contributed by atoms with Crippen LogP contribution in [0.5, 0.6) is 0 Å². The Kier molecular flexibility index (Phi) is 6.19. The van der Waals surface area contributed by atoms with Crippen LogP contribution >= 0.6 is 11.3 Å². The number of nitrogens with one attached hydrogen (secondary N) is 1. The zero-order chi connectivity index (χ0) is 18.4. The van der Waals surface area contributed by atoms with Gasteiger partial charge in [0, 0.05) is 38.2 Å². The summed E-state index contributed by atoms with van der Waals surface area (Å²) in [5.74, 6) is 0.816. The quantitative estimate of drug-likeness (QED) is 0.832. The number of ether oxygens (including phenoxy) is 1. The van der Waals surface area contributed by atoms with E-state index in [2.05, 4.69) is 15.2 Å². The van der Waals surface area contributed by atoms with Gasteiger partial charge in [0.2, 0.25) is 11.8 Å². The van der Waals surface area contributed by atoms with Crippen molar-refractivity contribution in [3.63, 3.8) is 0 Å². The van der Waals surface area contributed by atoms with Gasteiger partial charge in [0.15, 0.2) is 0 Å². The minimum Gasteiger partial charge on any atom is -0.375 e. The van der Waals surface area contributed by atoms with Crippen molar-refractivity contribution < 1.29 is 14.3 Å². The first-order valence-corrected chi connectivity index (χ1v) is 9.33. The van der Waals surface area contributed by atoms with Crippen LogP contribution in [0.4, 0.5) is 11.5 Å². The highest BCUT2D eigenvalue weighted by atomic mass is 32.1. The lowest BCUT2D eigenvalue weighted by Gasteiger charge is -2.35. The van der Waals surface area contributed by atoms with E-state index in [1.807, 2.05) is 34.5 Å². The highest BCUT2D eigenvalue weighted by molar-refractivity contribution is 7.10. The molecule has 2 amide bonds. The molecule has 0 spiro atoms. The van der Waals surface area contributed by atoms with Crippen molar-refractivity contribution in [2.24, 2.45) is 0 Å². The summed E-state index contributed by atoms with van der Waals surface area (Å²) < 4.78 is 4.78. The van der Waals surface area contributed by atoms with Crippen molar-refractivity contribution >= 4 is 34.7 Å². The summed E-state index contributed by atoms with van der Waals surface area (Å²) in [5.41, 5.74) is 0.639. The molecule has 1 saturated heterocycles. The second-order valence-corrected chi connectivity index (χ2v) is 7.04. The Balaban J connectivity index is 1.50. The van der Waals surface area contributed by atoms with Crippen molar-refractivity contribution in [2.75, 3.05) is 50.1 Å². The number of hydrogen-bond donors (Lipinski definition) is 1. The zero-order valence-electron chi connectivity index (χ0n) is 14.7. The van der Waals surface area contributed by atoms with Crippen molar-refractivity contribution in [1.82, 2.24) is 9.88 Å². The average molecular weight is 374 g/mol. The summed E-state index contributed by atoms with van der Waals surface area (Å²) in [6.45, 7) is 2.90. The number of pyridine rings is 1. The third-order valence-corrected chi connectivity index (χ3v) is 5.05. The van der Waals surface area contributed by atoms with Gasteiger partial charge in [-0.15, -0.1) is 11.3 Å². The fourth-order valence-electron chi connectivity index (χ4n) is 2.83. The lowest BCUT2D eigenvalue weighted by Crippen LogP contribution is -2.49. The summed E-state index contributed by atoms with van der Waals surface area (Å²) in [6, 6.07) is 7.67. The van der Waals surface area contributed by atoms with Gasteiger partial charge in [-0.25, -0.2) is 4.98 Å². The summed E-state index contributed by atoms with van der Waals surface area (Å²) in [5, 5.41) is 4.71. The van der Waals surface area contributed by atoms with E-state index in [1.165, 1.54) is 7.11 Å². The van der Waals surface area contributed by atoms with Crippen LogP contribution in [0.2, 0.25) is 0 Å². The Bertz CT molecular complexity index is 725. The van der Waals surface area contributed by atoms with E-state index in [-0.39, 0.29) is 18.4 Å². The van der Waals surface area contributed by atoms with Crippen LogP contribution in [0, 0.1) is 0 Å². The number of carbonyl (C=O) groups is 2. The van der Waals surface area contributed by atoms with Crippen molar-refractivity contribution in [2.45, 2.75) is 6.42 Å². The molecule has 3 heterocycles. The van der Waals surface area contributed by atoms with E-state index in [4.69, 9.17) is 4.74 Å². The maximum atomic E-state index is 12.4. The van der Waals surface area contributed by atoms with Crippen molar-refractivity contribution in [1.29, 1.82) is 0 Å². The highest BCUT2D eigenvalue weighted by Crippen LogP contribution is 2.17. The molecule has 1 fully saturated rings. The SMILES string of the molecule is COCC(=O)Nc1ccc(N2CCN(C(=O)Cc3cccs3)CC2)nc1. The number of anilines is 2. The monoisotopic (exact) mass is 374 g/mol. The summed E-state index contributed by atoms with van der Waals surface area (Å²) in [7, 11) is 1.48. The first-order valence-electron chi connectivity index (χ1n) is 8.45. The Morgan fingerprint density at radius 1 is 1.23 bits per heavy atom. The zero-order valence-corrected chi connectivity index (χ0v) is 15.5. The Labute approximate surface area is 156 Å². The largest absolute Gasteiger partial charge is 0.375 e. The van der Waals surface area contributed by atoms with Gasteiger partial charge < -0.3 is 19.9 Å². The Hall–Kier alpha value is -2.45. The summed E-state index contributed by atoms with van der Waals surface area (Å²) in [6.07, 6.45) is 2.11. The number of aromatic nitrogens is 1. The first-order chi connectivity index (χ1) is 12.7. The minimum absolute atomic E-state index is 0.0171. The fourth-order valence-corrected chi connectivity index (χ4v) is 3.53. The fraction of sp³-hybridized carbons (Fsp3) is 0.389. The molecule has 0 bridgehead atoms. The number of thiophene rings is 1. The number of rotatable bonds is 6. The van der Waals surface area contributed by atoms with Crippen LogP contribution in [0.3, 0.4) is 0 Å². The predicted octanol–water partition coefficient (Wildman–Crippen LogP) is 1.62. The summed E-state index contributed by atoms with van der Waals surface area (Å²) in [4.78, 5) is 33.4. The molecule has 0 atom stereocenters. The van der Waals surface area contributed by atoms with E-state index < -0.39 is 0 Å². The van der Waals surface area contributed by atoms with Gasteiger partial charge in [-0.05, 0) is 23.6 Å². The number of methoxy groups -OCH3 is 1. The van der Waals surface area contributed by atoms with Crippen molar-refractivity contribution in [3.8, 4) is 0 Å². The molecule has 0 aromatic carbocycles. The molecule has 0 radical (unpaired) electrons. The molecule has 1 aliphatic heterocycles. The Morgan fingerprint density at radius 2 is 2.04 bits per heavy atom. The van der Waals surface area contributed by atoms with Crippen LogP contribution in [0.25, 0.3) is 0 Å². The van der Waals surface area contributed by atoms with Crippen LogP contribution in [-0.4, -0.2) is 61.6 Å². The molecule has 7 nitrogen and oxygen atoms in total. The minimum atomic E-state index is -0.208. The molecule has 0 saturated carbocycles. The first kappa shape index (κ1) is 18.3. The summed E-state index contributed by atoms with van der Waals surface area (Å²) >= 11 is 1.62. The van der Waals surface area contributed by atoms with E-state index >= 15 is 0 Å². The number of hydrogen-bond acceptors (Lipinski definition) is 6. The molecule has 1 aliphatic rings. The second kappa shape index (κ2) is 8.77. The van der Waals surface area contributed by atoms with E-state index in [1.54, 1.807) is 17.5 Å². The maximum absolute atomic E-state index is 12.4. The van der Waals surface area contributed by atoms with Gasteiger partial charge in [-0.3, -0.25) is 9.59 Å². The lowest BCUT2D eigenvalue weighted by atomic mass is 10.2. The van der Waals surface area contributed by atoms with E-state index in [0.717, 1.165) is 23.8 Å². The molecule has 26 heavy (non-hydrogen) atoms. The lowest BCUT2D eigenvalue weighted by molar-refractivity contribution is -0.130. The number of piperazine rings is 1. The molecular weight excluding hydrogens is 352 g/mol. The van der Waals surface area contributed by atoms with Gasteiger partial charge in [0.05, 0.1) is 18.3 Å². The molecular formula is C18H22N4O3S. The van der Waals surface area contributed by atoms with Gasteiger partial charge >= 0.3 is 0 Å². The number of carbonyl (C=O) groups excluding carboxylic acids is 2. The number of nitrogens with zero attached hydrogens (tertiary/aromatic N) is 3. The van der Waals surface area contributed by atoms with Gasteiger partial charge in [-0.1, -0.05) is 6.07 Å². The molecule has 2 aromatic heterocycles. The highest BCUT2D eigenvalue weighted by Gasteiger charge is 2.22. The maximum Gasteiger partial charge on any atom is 0.250 e. The molecule has 0 aliphatic carbocycles. The Morgan fingerprint density at radius 3 is 2.65 bits per heavy atom. The van der Waals surface area contributed by atoms with E-state index in [9.17, 15) is 9.59 Å². The van der Waals surface area contributed by atoms with Gasteiger partial charge in [0.1, 0.15) is 12.4 Å². The third-order valence-electron chi connectivity index (χ3n) is 4.17. The molecule has 138 valence electrons. The molecule has 3 rings (SSSR count). The predicted molar refractivity (Wildman–Crippen MR) is 102 cm³/mol. The van der Waals surface area contributed by atoms with Crippen LogP contribution < -0.4 is 10.2 Å². The third kappa shape index (κ3) is 4.80. The molecule has 1 N–H and O–H groups in total. The van der Waals surface area contributed by atoms with Crippen LogP contribution in [-0.2, 0) is 20.7 Å². The van der Waals surface area contributed by atoms with Gasteiger partial charge in [-0.2, -0.15) is 0 Å². The molecule has 0 unspecified atom stereocenters. The standard InChI is InChI=1S/C18H22N4O3S/c1-25-13-17(23)20-14-4-5-16(19-12-14)21-6-8-22(9-7-21)18(24)11-15-3-2-10-26-15/h2-5,10,12H,6-9,11,13H2,1H3,(H,20,23). The average Bonchev–Trinajstić information content (AvgIpc) is 3.16. The smallest absolute Gasteiger partial charge is 0.250 e. The van der Waals surface area contributed by atoms with Crippen molar-refractivity contribution in [3.05, 3.63) is 40.7 Å². The van der Waals surface area contributed by atoms with Crippen LogP contribution in [0.1, 0.15) is 4.88 Å². The molecule has 8 heteroatoms. The topological polar surface area (TPSA) is 74.8 Å². The normalized spacial score (nSPS) is 14.3. The second-order valence-electron chi connectivity index (χ2n) is 6.01.